The Kier molecular flexibility index (Phi) is 4.75. The standard InChI is InChI=1S/C19H20O6S/c1-10-7-12(20)17-14(23-10)9-13-11(18(17)22)8-15(19(2,3)25-13)24-16(21)5-6-26-4/h5-7,9,15,22H,8H2,1-4H3/t15-/m0/s1. The van der Waals surface area contributed by atoms with Crippen molar-refractivity contribution in [2.24, 2.45) is 0 Å². The van der Waals surface area contributed by atoms with Gasteiger partial charge in [-0.05, 0) is 32.4 Å². The number of carbonyl (C=O) groups excluding carboxylic acids is 1. The summed E-state index contributed by atoms with van der Waals surface area (Å²) in [7, 11) is 0. The van der Waals surface area contributed by atoms with Crippen molar-refractivity contribution < 1.29 is 23.8 Å². The lowest BCUT2D eigenvalue weighted by atomic mass is 9.89. The number of esters is 1. The first-order valence-electron chi connectivity index (χ1n) is 8.11. The van der Waals surface area contributed by atoms with Crippen LogP contribution in [0.25, 0.3) is 11.0 Å². The third kappa shape index (κ3) is 3.31. The number of rotatable bonds is 3. The smallest absolute Gasteiger partial charge is 0.331 e. The highest BCUT2D eigenvalue weighted by molar-refractivity contribution is 8.01. The monoisotopic (exact) mass is 376 g/mol. The number of carbonyl (C=O) groups is 1. The van der Waals surface area contributed by atoms with Crippen LogP contribution < -0.4 is 10.2 Å². The van der Waals surface area contributed by atoms with Gasteiger partial charge in [0.1, 0.15) is 39.9 Å². The van der Waals surface area contributed by atoms with Crippen molar-refractivity contribution in [3.8, 4) is 11.5 Å². The van der Waals surface area contributed by atoms with E-state index in [9.17, 15) is 14.7 Å². The van der Waals surface area contributed by atoms with Gasteiger partial charge in [-0.15, -0.1) is 11.8 Å². The van der Waals surface area contributed by atoms with Crippen molar-refractivity contribution in [2.75, 3.05) is 6.26 Å². The Labute approximate surface area is 154 Å². The summed E-state index contributed by atoms with van der Waals surface area (Å²) in [5.41, 5.74) is -0.439. The van der Waals surface area contributed by atoms with Gasteiger partial charge in [-0.2, -0.15) is 0 Å². The van der Waals surface area contributed by atoms with Crippen LogP contribution in [0, 0.1) is 6.92 Å². The fraction of sp³-hybridized carbons (Fsp3) is 0.368. The summed E-state index contributed by atoms with van der Waals surface area (Å²) >= 11 is 1.39. The van der Waals surface area contributed by atoms with Gasteiger partial charge in [0.2, 0.25) is 0 Å². The molecule has 0 unspecified atom stereocenters. The van der Waals surface area contributed by atoms with E-state index < -0.39 is 17.7 Å². The second-order valence-corrected chi connectivity index (χ2v) is 7.41. The summed E-state index contributed by atoms with van der Waals surface area (Å²) < 4.78 is 17.0. The number of phenolic OH excluding ortho intramolecular Hbond substituents is 1. The van der Waals surface area contributed by atoms with Crippen molar-refractivity contribution >= 4 is 28.7 Å². The third-order valence-corrected chi connectivity index (χ3v) is 4.73. The summed E-state index contributed by atoms with van der Waals surface area (Å²) in [6.07, 6.45) is 2.80. The van der Waals surface area contributed by atoms with Crippen LogP contribution in [0.15, 0.2) is 32.8 Å². The van der Waals surface area contributed by atoms with Crippen LogP contribution >= 0.6 is 11.8 Å². The van der Waals surface area contributed by atoms with Gasteiger partial charge in [0.25, 0.3) is 0 Å². The van der Waals surface area contributed by atoms with Crippen LogP contribution in [-0.4, -0.2) is 29.0 Å². The van der Waals surface area contributed by atoms with Crippen LogP contribution in [0.3, 0.4) is 0 Å². The molecule has 1 aliphatic rings. The van der Waals surface area contributed by atoms with Gasteiger partial charge in [-0.1, -0.05) is 0 Å². The first kappa shape index (κ1) is 18.4. The van der Waals surface area contributed by atoms with Gasteiger partial charge in [-0.3, -0.25) is 4.79 Å². The molecular weight excluding hydrogens is 356 g/mol. The van der Waals surface area contributed by atoms with Gasteiger partial charge in [0, 0.05) is 30.2 Å². The molecule has 3 rings (SSSR count). The quantitative estimate of drug-likeness (QED) is 0.650. The maximum absolute atomic E-state index is 12.3. The van der Waals surface area contributed by atoms with Crippen LogP contribution in [0.2, 0.25) is 0 Å². The maximum Gasteiger partial charge on any atom is 0.331 e. The fourth-order valence-electron chi connectivity index (χ4n) is 3.00. The van der Waals surface area contributed by atoms with E-state index in [2.05, 4.69) is 0 Å². The Hall–Kier alpha value is -2.41. The minimum atomic E-state index is -0.805. The van der Waals surface area contributed by atoms with Gasteiger partial charge in [0.05, 0.1) is 0 Å². The maximum atomic E-state index is 12.3. The van der Waals surface area contributed by atoms with E-state index in [1.54, 1.807) is 32.2 Å². The molecule has 138 valence electrons. The number of phenols is 1. The molecule has 26 heavy (non-hydrogen) atoms. The average Bonchev–Trinajstić information content (AvgIpc) is 2.53. The lowest BCUT2D eigenvalue weighted by Gasteiger charge is -2.39. The topological polar surface area (TPSA) is 86.0 Å². The van der Waals surface area contributed by atoms with Crippen LogP contribution in [-0.2, 0) is 16.0 Å². The van der Waals surface area contributed by atoms with E-state index in [0.29, 0.717) is 17.1 Å². The zero-order valence-electron chi connectivity index (χ0n) is 15.0. The normalized spacial score (nSPS) is 18.5. The van der Waals surface area contributed by atoms with Gasteiger partial charge in [0.15, 0.2) is 5.43 Å². The Morgan fingerprint density at radius 2 is 2.15 bits per heavy atom. The lowest BCUT2D eigenvalue weighted by molar-refractivity contribution is -0.155. The van der Waals surface area contributed by atoms with Crippen molar-refractivity contribution in [2.45, 2.75) is 38.9 Å². The molecule has 6 nitrogen and oxygen atoms in total. The minimum absolute atomic E-state index is 0.102. The largest absolute Gasteiger partial charge is 0.507 e. The molecule has 2 heterocycles. The van der Waals surface area contributed by atoms with E-state index >= 15 is 0 Å². The number of aromatic hydroxyl groups is 1. The molecule has 2 aromatic rings. The first-order chi connectivity index (χ1) is 12.2. The molecule has 0 saturated carbocycles. The Morgan fingerprint density at radius 1 is 1.42 bits per heavy atom. The highest BCUT2D eigenvalue weighted by Crippen LogP contribution is 2.42. The van der Waals surface area contributed by atoms with Crippen molar-refractivity contribution in [3.63, 3.8) is 0 Å². The Bertz CT molecular complexity index is 957. The second-order valence-electron chi connectivity index (χ2n) is 6.67. The van der Waals surface area contributed by atoms with Crippen LogP contribution in [0.4, 0.5) is 0 Å². The van der Waals surface area contributed by atoms with E-state index in [-0.39, 0.29) is 28.6 Å². The van der Waals surface area contributed by atoms with E-state index in [1.807, 2.05) is 6.26 Å². The highest BCUT2D eigenvalue weighted by atomic mass is 32.2. The van der Waals surface area contributed by atoms with Crippen LogP contribution in [0.1, 0.15) is 25.2 Å². The van der Waals surface area contributed by atoms with Gasteiger partial charge < -0.3 is 19.0 Å². The molecule has 0 aliphatic carbocycles. The molecule has 0 amide bonds. The molecule has 1 N–H and O–H groups in total. The summed E-state index contributed by atoms with van der Waals surface area (Å²) in [5, 5.41) is 12.4. The Balaban J connectivity index is 2.05. The number of benzene rings is 1. The Morgan fingerprint density at radius 3 is 2.85 bits per heavy atom. The molecule has 0 fully saturated rings. The van der Waals surface area contributed by atoms with Crippen LogP contribution in [0.5, 0.6) is 11.5 Å². The molecule has 0 radical (unpaired) electrons. The van der Waals surface area contributed by atoms with E-state index in [0.717, 1.165) is 0 Å². The molecule has 1 atom stereocenters. The molecule has 0 spiro atoms. The zero-order chi connectivity index (χ0) is 19.1. The van der Waals surface area contributed by atoms with E-state index in [4.69, 9.17) is 13.9 Å². The number of hydrogen-bond acceptors (Lipinski definition) is 7. The van der Waals surface area contributed by atoms with Gasteiger partial charge in [-0.25, -0.2) is 4.79 Å². The zero-order valence-corrected chi connectivity index (χ0v) is 15.8. The number of ether oxygens (including phenoxy) is 2. The molecule has 7 heteroatoms. The molecule has 0 bridgehead atoms. The molecule has 0 saturated heterocycles. The summed E-state index contributed by atoms with van der Waals surface area (Å²) in [4.78, 5) is 24.2. The molecule has 1 aromatic heterocycles. The average molecular weight is 376 g/mol. The summed E-state index contributed by atoms with van der Waals surface area (Å²) in [6.45, 7) is 5.28. The molecule has 1 aromatic carbocycles. The fourth-order valence-corrected chi connectivity index (χ4v) is 3.24. The van der Waals surface area contributed by atoms with Crippen molar-refractivity contribution in [1.29, 1.82) is 0 Å². The number of thioether (sulfide) groups is 1. The van der Waals surface area contributed by atoms with Gasteiger partial charge >= 0.3 is 5.97 Å². The number of aryl methyl sites for hydroxylation is 1. The molecule has 1 aliphatic heterocycles. The van der Waals surface area contributed by atoms with Crippen molar-refractivity contribution in [3.05, 3.63) is 45.2 Å². The molecular formula is C19H20O6S. The minimum Gasteiger partial charge on any atom is -0.507 e. The third-order valence-electron chi connectivity index (χ3n) is 4.32. The predicted octanol–water partition coefficient (Wildman–Crippen LogP) is 3.31. The lowest BCUT2D eigenvalue weighted by Crippen LogP contribution is -2.48. The summed E-state index contributed by atoms with van der Waals surface area (Å²) in [6, 6.07) is 2.93. The van der Waals surface area contributed by atoms with E-state index in [1.165, 1.54) is 23.9 Å². The van der Waals surface area contributed by atoms with Crippen molar-refractivity contribution in [1.82, 2.24) is 0 Å². The first-order valence-corrected chi connectivity index (χ1v) is 9.40. The predicted molar refractivity (Wildman–Crippen MR) is 99.8 cm³/mol. The number of hydrogen-bond donors (Lipinski definition) is 1. The second kappa shape index (κ2) is 6.72. The number of fused-ring (bicyclic) bond motifs is 2. The highest BCUT2D eigenvalue weighted by Gasteiger charge is 2.41. The SMILES string of the molecule is CSC=CC(=O)O[C@H]1Cc2c(cc3oc(C)cc(=O)c3c2O)OC1(C)C. The summed E-state index contributed by atoms with van der Waals surface area (Å²) in [5.74, 6) is 0.187.